The van der Waals surface area contributed by atoms with Gasteiger partial charge < -0.3 is 5.73 Å². The standard InChI is InChI=1S/C7H12F3N.ClH/c8-7(9,10)5-1-3-6(11)4-2-5;/h5-6H,1-4,11H2;1H/t5-,6-;. The van der Waals surface area contributed by atoms with Gasteiger partial charge in [-0.2, -0.15) is 13.2 Å². The number of nitrogens with two attached hydrogens (primary N) is 1. The molecule has 0 bridgehead atoms. The van der Waals surface area contributed by atoms with E-state index in [-0.39, 0.29) is 31.3 Å². The first-order chi connectivity index (χ1) is 5.00. The Kier molecular flexibility index (Phi) is 4.34. The maximum absolute atomic E-state index is 12.0. The summed E-state index contributed by atoms with van der Waals surface area (Å²) in [5.74, 6) is -1.10. The predicted molar refractivity (Wildman–Crippen MR) is 43.2 cm³/mol. The molecule has 0 radical (unpaired) electrons. The van der Waals surface area contributed by atoms with Gasteiger partial charge >= 0.3 is 6.18 Å². The van der Waals surface area contributed by atoms with Crippen molar-refractivity contribution in [2.45, 2.75) is 37.9 Å². The van der Waals surface area contributed by atoms with E-state index in [9.17, 15) is 13.2 Å². The zero-order valence-electron chi connectivity index (χ0n) is 6.60. The van der Waals surface area contributed by atoms with Crippen molar-refractivity contribution in [2.75, 3.05) is 0 Å². The van der Waals surface area contributed by atoms with Gasteiger partial charge in [0.2, 0.25) is 0 Å². The van der Waals surface area contributed by atoms with Gasteiger partial charge in [0, 0.05) is 6.04 Å². The second-order valence-electron chi connectivity index (χ2n) is 3.15. The van der Waals surface area contributed by atoms with E-state index >= 15 is 0 Å². The second-order valence-corrected chi connectivity index (χ2v) is 3.15. The third kappa shape index (κ3) is 3.19. The van der Waals surface area contributed by atoms with Crippen LogP contribution in [0.4, 0.5) is 13.2 Å². The second kappa shape index (κ2) is 4.33. The molecule has 0 saturated heterocycles. The molecular weight excluding hydrogens is 191 g/mol. The molecule has 74 valence electrons. The summed E-state index contributed by atoms with van der Waals surface area (Å²) in [6.45, 7) is 0. The van der Waals surface area contributed by atoms with Crippen molar-refractivity contribution in [3.8, 4) is 0 Å². The molecule has 0 aromatic heterocycles. The van der Waals surface area contributed by atoms with Crippen LogP contribution in [-0.2, 0) is 0 Å². The highest BCUT2D eigenvalue weighted by Crippen LogP contribution is 2.36. The molecule has 2 N–H and O–H groups in total. The first-order valence-electron chi connectivity index (χ1n) is 3.82. The lowest BCUT2D eigenvalue weighted by Crippen LogP contribution is -2.33. The molecule has 0 amide bonds. The Balaban J connectivity index is 0.00000121. The highest BCUT2D eigenvalue weighted by Gasteiger charge is 2.40. The van der Waals surface area contributed by atoms with Crippen molar-refractivity contribution in [1.82, 2.24) is 0 Å². The van der Waals surface area contributed by atoms with Gasteiger partial charge in [0.05, 0.1) is 5.92 Å². The van der Waals surface area contributed by atoms with Gasteiger partial charge in [-0.05, 0) is 25.7 Å². The van der Waals surface area contributed by atoms with Crippen molar-refractivity contribution in [2.24, 2.45) is 11.7 Å². The van der Waals surface area contributed by atoms with Crippen LogP contribution in [0, 0.1) is 5.92 Å². The van der Waals surface area contributed by atoms with Crippen molar-refractivity contribution in [3.63, 3.8) is 0 Å². The fourth-order valence-electron chi connectivity index (χ4n) is 1.45. The van der Waals surface area contributed by atoms with Gasteiger partial charge in [0.1, 0.15) is 0 Å². The van der Waals surface area contributed by atoms with Crippen LogP contribution in [0.1, 0.15) is 25.7 Å². The van der Waals surface area contributed by atoms with E-state index in [0.717, 1.165) is 0 Å². The number of hydrogen-bond donors (Lipinski definition) is 1. The van der Waals surface area contributed by atoms with Gasteiger partial charge in [-0.25, -0.2) is 0 Å². The lowest BCUT2D eigenvalue weighted by atomic mass is 9.86. The fraction of sp³-hybridized carbons (Fsp3) is 1.00. The summed E-state index contributed by atoms with van der Waals surface area (Å²) in [5, 5.41) is 0. The Hall–Kier alpha value is 0.0400. The zero-order valence-corrected chi connectivity index (χ0v) is 7.42. The summed E-state index contributed by atoms with van der Waals surface area (Å²) in [5.41, 5.74) is 5.47. The average Bonchev–Trinajstić information content (AvgIpc) is 1.86. The smallest absolute Gasteiger partial charge is 0.328 e. The molecule has 1 aliphatic rings. The van der Waals surface area contributed by atoms with E-state index in [1.807, 2.05) is 0 Å². The molecule has 1 aliphatic carbocycles. The first kappa shape index (κ1) is 12.0. The Morgan fingerprint density at radius 1 is 1.00 bits per heavy atom. The van der Waals surface area contributed by atoms with Crippen molar-refractivity contribution >= 4 is 12.4 Å². The Morgan fingerprint density at radius 3 is 1.75 bits per heavy atom. The van der Waals surface area contributed by atoms with Gasteiger partial charge in [-0.1, -0.05) is 0 Å². The van der Waals surface area contributed by atoms with E-state index in [4.69, 9.17) is 5.73 Å². The summed E-state index contributed by atoms with van der Waals surface area (Å²) in [6.07, 6.45) is -2.54. The van der Waals surface area contributed by atoms with E-state index in [0.29, 0.717) is 12.8 Å². The van der Waals surface area contributed by atoms with Crippen LogP contribution < -0.4 is 5.73 Å². The third-order valence-electron chi connectivity index (χ3n) is 2.23. The van der Waals surface area contributed by atoms with Gasteiger partial charge in [-0.15, -0.1) is 12.4 Å². The monoisotopic (exact) mass is 203 g/mol. The van der Waals surface area contributed by atoms with Crippen LogP contribution in [0.5, 0.6) is 0 Å². The lowest BCUT2D eigenvalue weighted by Gasteiger charge is -2.27. The molecule has 12 heavy (non-hydrogen) atoms. The molecule has 1 rings (SSSR count). The predicted octanol–water partition coefficient (Wildman–Crippen LogP) is 2.49. The van der Waals surface area contributed by atoms with E-state index in [1.165, 1.54) is 0 Å². The normalized spacial score (nSPS) is 31.0. The van der Waals surface area contributed by atoms with Crippen LogP contribution >= 0.6 is 12.4 Å². The van der Waals surface area contributed by atoms with E-state index in [1.54, 1.807) is 0 Å². The van der Waals surface area contributed by atoms with Crippen LogP contribution in [0.3, 0.4) is 0 Å². The Labute approximate surface area is 75.9 Å². The maximum Gasteiger partial charge on any atom is 0.391 e. The minimum atomic E-state index is -4.00. The molecule has 0 spiro atoms. The highest BCUT2D eigenvalue weighted by atomic mass is 35.5. The quantitative estimate of drug-likeness (QED) is 0.643. The number of rotatable bonds is 0. The fourth-order valence-corrected chi connectivity index (χ4v) is 1.45. The van der Waals surface area contributed by atoms with Crippen LogP contribution in [0.25, 0.3) is 0 Å². The zero-order chi connectivity index (χ0) is 8.48. The summed E-state index contributed by atoms with van der Waals surface area (Å²) < 4.78 is 36.1. The number of alkyl halides is 3. The van der Waals surface area contributed by atoms with E-state index < -0.39 is 12.1 Å². The summed E-state index contributed by atoms with van der Waals surface area (Å²) >= 11 is 0. The molecule has 0 aromatic carbocycles. The summed E-state index contributed by atoms with van der Waals surface area (Å²) in [7, 11) is 0. The van der Waals surface area contributed by atoms with Gasteiger partial charge in [0.25, 0.3) is 0 Å². The summed E-state index contributed by atoms with van der Waals surface area (Å²) in [4.78, 5) is 0. The minimum Gasteiger partial charge on any atom is -0.328 e. The molecule has 0 heterocycles. The highest BCUT2D eigenvalue weighted by molar-refractivity contribution is 5.85. The molecule has 0 aliphatic heterocycles. The molecule has 1 saturated carbocycles. The third-order valence-corrected chi connectivity index (χ3v) is 2.23. The molecule has 1 fully saturated rings. The van der Waals surface area contributed by atoms with Crippen molar-refractivity contribution < 1.29 is 13.2 Å². The van der Waals surface area contributed by atoms with Crippen molar-refractivity contribution in [3.05, 3.63) is 0 Å². The Bertz CT molecular complexity index is 129. The molecule has 0 aromatic rings. The molecule has 0 atom stereocenters. The topological polar surface area (TPSA) is 26.0 Å². The molecule has 0 unspecified atom stereocenters. The number of hydrogen-bond acceptors (Lipinski definition) is 1. The SMILES string of the molecule is Cl.N[C@H]1CC[C@H](C(F)(F)F)CC1. The van der Waals surface area contributed by atoms with Crippen LogP contribution in [0.15, 0.2) is 0 Å². The Morgan fingerprint density at radius 2 is 1.42 bits per heavy atom. The largest absolute Gasteiger partial charge is 0.391 e. The van der Waals surface area contributed by atoms with Crippen LogP contribution in [-0.4, -0.2) is 12.2 Å². The number of halogens is 4. The lowest BCUT2D eigenvalue weighted by molar-refractivity contribution is -0.182. The van der Waals surface area contributed by atoms with E-state index in [2.05, 4.69) is 0 Å². The van der Waals surface area contributed by atoms with Gasteiger partial charge in [0.15, 0.2) is 0 Å². The van der Waals surface area contributed by atoms with Crippen LogP contribution in [0.2, 0.25) is 0 Å². The molecule has 5 heteroatoms. The summed E-state index contributed by atoms with van der Waals surface area (Å²) in [6, 6.07) is -0.00593. The molecular formula is C7H13ClF3N. The average molecular weight is 204 g/mol. The van der Waals surface area contributed by atoms with Crippen molar-refractivity contribution in [1.29, 1.82) is 0 Å². The van der Waals surface area contributed by atoms with Gasteiger partial charge in [-0.3, -0.25) is 0 Å². The maximum atomic E-state index is 12.0. The minimum absolute atomic E-state index is 0. The molecule has 1 nitrogen and oxygen atoms in total. The first-order valence-corrected chi connectivity index (χ1v) is 3.82.